The van der Waals surface area contributed by atoms with Crippen LogP contribution in [0.15, 0.2) is 35.3 Å². The van der Waals surface area contributed by atoms with Gasteiger partial charge >= 0.3 is 0 Å². The van der Waals surface area contributed by atoms with Crippen LogP contribution in [0.4, 0.5) is 0 Å². The molecule has 2 rings (SSSR count). The van der Waals surface area contributed by atoms with Crippen molar-refractivity contribution in [2.24, 2.45) is 4.99 Å². The van der Waals surface area contributed by atoms with Crippen molar-refractivity contribution in [2.75, 3.05) is 19.7 Å². The monoisotopic (exact) mass is 246 g/mol. The van der Waals surface area contributed by atoms with Gasteiger partial charge in [0.05, 0.1) is 0 Å². The summed E-state index contributed by atoms with van der Waals surface area (Å²) in [6.07, 6.45) is 1.99. The van der Waals surface area contributed by atoms with Crippen molar-refractivity contribution in [3.8, 4) is 0 Å². The Labute approximate surface area is 109 Å². The molecule has 1 aromatic rings. The summed E-state index contributed by atoms with van der Waals surface area (Å²) in [5.41, 5.74) is 0.777. The van der Waals surface area contributed by atoms with Crippen molar-refractivity contribution in [3.05, 3.63) is 35.9 Å². The van der Waals surface area contributed by atoms with Gasteiger partial charge in [-0.25, -0.2) is 0 Å². The van der Waals surface area contributed by atoms with E-state index >= 15 is 0 Å². The van der Waals surface area contributed by atoms with Gasteiger partial charge in [-0.2, -0.15) is 0 Å². The number of aliphatic imine (C=N–C) groups is 1. The van der Waals surface area contributed by atoms with Crippen molar-refractivity contribution in [1.29, 1.82) is 0 Å². The molecule has 0 radical (unpaired) electrons. The maximum absolute atomic E-state index is 6.11. The summed E-state index contributed by atoms with van der Waals surface area (Å²) >= 11 is 0. The molecule has 1 N–H and O–H groups in total. The molecule has 1 atom stereocenters. The van der Waals surface area contributed by atoms with E-state index in [1.165, 1.54) is 5.56 Å². The van der Waals surface area contributed by atoms with Gasteiger partial charge in [-0.05, 0) is 25.3 Å². The Balaban J connectivity index is 2.42. The van der Waals surface area contributed by atoms with E-state index in [1.807, 2.05) is 13.0 Å². The van der Waals surface area contributed by atoms with E-state index in [4.69, 9.17) is 4.74 Å². The minimum absolute atomic E-state index is 0.406. The Morgan fingerprint density at radius 3 is 2.61 bits per heavy atom. The number of nitrogens with zero attached hydrogens (tertiary/aromatic N) is 1. The van der Waals surface area contributed by atoms with E-state index < -0.39 is 5.60 Å². The van der Waals surface area contributed by atoms with Gasteiger partial charge in [0.25, 0.3) is 0 Å². The van der Waals surface area contributed by atoms with E-state index in [0.717, 1.165) is 31.8 Å². The summed E-state index contributed by atoms with van der Waals surface area (Å²) in [5.74, 6) is 0.990. The molecular formula is C15H22N2O. The van der Waals surface area contributed by atoms with Crippen molar-refractivity contribution in [1.82, 2.24) is 5.32 Å². The van der Waals surface area contributed by atoms with E-state index in [1.54, 1.807) is 0 Å². The summed E-state index contributed by atoms with van der Waals surface area (Å²) in [6.45, 7) is 6.76. The zero-order chi connectivity index (χ0) is 12.8. The van der Waals surface area contributed by atoms with E-state index in [9.17, 15) is 0 Å². The first-order valence-corrected chi connectivity index (χ1v) is 6.81. The van der Waals surface area contributed by atoms with Crippen LogP contribution >= 0.6 is 0 Å². The van der Waals surface area contributed by atoms with Crippen molar-refractivity contribution >= 4 is 5.84 Å². The molecule has 1 unspecified atom stereocenters. The lowest BCUT2D eigenvalue weighted by Crippen LogP contribution is -2.48. The van der Waals surface area contributed by atoms with Gasteiger partial charge in [-0.15, -0.1) is 0 Å². The van der Waals surface area contributed by atoms with Crippen LogP contribution in [0.25, 0.3) is 0 Å². The van der Waals surface area contributed by atoms with Gasteiger partial charge in [0.2, 0.25) is 0 Å². The minimum atomic E-state index is -0.406. The van der Waals surface area contributed by atoms with Crippen LogP contribution in [0, 0.1) is 0 Å². The second-order valence-corrected chi connectivity index (χ2v) is 4.49. The molecule has 0 aliphatic carbocycles. The van der Waals surface area contributed by atoms with Crippen molar-refractivity contribution in [3.63, 3.8) is 0 Å². The van der Waals surface area contributed by atoms with Gasteiger partial charge in [0.1, 0.15) is 11.4 Å². The van der Waals surface area contributed by atoms with Crippen LogP contribution in [-0.4, -0.2) is 25.5 Å². The topological polar surface area (TPSA) is 33.6 Å². The summed E-state index contributed by atoms with van der Waals surface area (Å²) in [5, 5.41) is 3.42. The van der Waals surface area contributed by atoms with Crippen LogP contribution in [0.2, 0.25) is 0 Å². The zero-order valence-corrected chi connectivity index (χ0v) is 11.3. The molecule has 1 heterocycles. The lowest BCUT2D eigenvalue weighted by atomic mass is 9.88. The average Bonchev–Trinajstić information content (AvgIpc) is 2.47. The predicted molar refractivity (Wildman–Crippen MR) is 75.0 cm³/mol. The summed E-state index contributed by atoms with van der Waals surface area (Å²) in [7, 11) is 0. The first-order valence-electron chi connectivity index (χ1n) is 6.81. The maximum atomic E-state index is 6.11. The smallest absolute Gasteiger partial charge is 0.149 e. The molecule has 3 nitrogen and oxygen atoms in total. The highest BCUT2D eigenvalue weighted by Gasteiger charge is 2.37. The molecule has 18 heavy (non-hydrogen) atoms. The highest BCUT2D eigenvalue weighted by molar-refractivity contribution is 5.92. The van der Waals surface area contributed by atoms with Crippen LogP contribution in [-0.2, 0) is 10.3 Å². The molecule has 3 heteroatoms. The fourth-order valence-electron chi connectivity index (χ4n) is 2.52. The Hall–Kier alpha value is -1.35. The number of nitrogens with one attached hydrogen (secondary N) is 1. The fourth-order valence-corrected chi connectivity index (χ4v) is 2.52. The average molecular weight is 246 g/mol. The molecule has 98 valence electrons. The lowest BCUT2D eigenvalue weighted by molar-refractivity contribution is 0.00565. The summed E-state index contributed by atoms with van der Waals surface area (Å²) in [4.78, 5) is 4.65. The van der Waals surface area contributed by atoms with Gasteiger partial charge < -0.3 is 10.1 Å². The number of amidine groups is 1. The number of ether oxygens (including phenoxy) is 1. The molecule has 0 bridgehead atoms. The number of hydrogen-bond donors (Lipinski definition) is 1. The quantitative estimate of drug-likeness (QED) is 0.866. The zero-order valence-electron chi connectivity index (χ0n) is 11.3. The Morgan fingerprint density at radius 1 is 1.28 bits per heavy atom. The normalized spacial score (nSPS) is 18.7. The first-order chi connectivity index (χ1) is 8.83. The number of rotatable bonds is 5. The highest BCUT2D eigenvalue weighted by atomic mass is 16.5. The molecule has 0 saturated carbocycles. The first kappa shape index (κ1) is 13.1. The Kier molecular flexibility index (Phi) is 4.37. The van der Waals surface area contributed by atoms with Crippen LogP contribution in [0.1, 0.15) is 32.3 Å². The van der Waals surface area contributed by atoms with E-state index in [2.05, 4.69) is 41.5 Å². The standard InChI is InChI=1S/C15H22N2O/c1-3-15(18-4-2,13-9-6-5-7-10-13)14-16-11-8-12-17-14/h5-7,9-10H,3-4,8,11-12H2,1-2H3,(H,16,17). The van der Waals surface area contributed by atoms with Crippen LogP contribution in [0.5, 0.6) is 0 Å². The summed E-state index contributed by atoms with van der Waals surface area (Å²) < 4.78 is 6.11. The van der Waals surface area contributed by atoms with E-state index in [0.29, 0.717) is 6.61 Å². The largest absolute Gasteiger partial charge is 0.371 e. The number of benzene rings is 1. The van der Waals surface area contributed by atoms with Gasteiger partial charge in [-0.1, -0.05) is 37.3 Å². The summed E-state index contributed by atoms with van der Waals surface area (Å²) in [6, 6.07) is 10.4. The van der Waals surface area contributed by atoms with Crippen LogP contribution in [0.3, 0.4) is 0 Å². The molecule has 0 saturated heterocycles. The molecule has 1 aliphatic heterocycles. The third-order valence-corrected chi connectivity index (χ3v) is 3.41. The van der Waals surface area contributed by atoms with E-state index in [-0.39, 0.29) is 0 Å². The fraction of sp³-hybridized carbons (Fsp3) is 0.533. The van der Waals surface area contributed by atoms with Gasteiger partial charge in [-0.3, -0.25) is 4.99 Å². The predicted octanol–water partition coefficient (Wildman–Crippen LogP) is 2.72. The van der Waals surface area contributed by atoms with Crippen LogP contribution < -0.4 is 5.32 Å². The van der Waals surface area contributed by atoms with Crippen molar-refractivity contribution in [2.45, 2.75) is 32.3 Å². The Bertz CT molecular complexity index is 402. The maximum Gasteiger partial charge on any atom is 0.149 e. The molecule has 0 aromatic heterocycles. The van der Waals surface area contributed by atoms with Crippen molar-refractivity contribution < 1.29 is 4.74 Å². The lowest BCUT2D eigenvalue weighted by Gasteiger charge is -2.36. The molecule has 1 aliphatic rings. The second-order valence-electron chi connectivity index (χ2n) is 4.49. The van der Waals surface area contributed by atoms with Gasteiger partial charge in [0.15, 0.2) is 0 Å². The Morgan fingerprint density at radius 2 is 2.06 bits per heavy atom. The highest BCUT2D eigenvalue weighted by Crippen LogP contribution is 2.31. The molecule has 0 spiro atoms. The SMILES string of the molecule is CCOC(CC)(C1=NCCCN1)c1ccccc1. The number of hydrogen-bond acceptors (Lipinski definition) is 3. The van der Waals surface area contributed by atoms with Gasteiger partial charge in [0, 0.05) is 19.7 Å². The molecule has 1 aromatic carbocycles. The third kappa shape index (κ3) is 2.41. The molecular weight excluding hydrogens is 224 g/mol. The minimum Gasteiger partial charge on any atom is -0.371 e. The third-order valence-electron chi connectivity index (χ3n) is 3.41. The molecule has 0 amide bonds. The molecule has 0 fully saturated rings. The second kappa shape index (κ2) is 6.01.